The van der Waals surface area contributed by atoms with Crippen LogP contribution in [-0.2, 0) is 16.4 Å². The van der Waals surface area contributed by atoms with Crippen LogP contribution in [0, 0.1) is 0 Å². The zero-order valence-electron chi connectivity index (χ0n) is 15.1. The molecule has 0 N–H and O–H groups in total. The van der Waals surface area contributed by atoms with Crippen LogP contribution < -0.4 is 18.7 Å². The topological polar surface area (TPSA) is 59.1 Å². The molecule has 0 saturated carbocycles. The van der Waals surface area contributed by atoms with Gasteiger partial charge in [0.15, 0.2) is 11.5 Å². The molecule has 7 heteroatoms. The molecule has 0 aliphatic carbocycles. The highest BCUT2D eigenvalue weighted by Gasteiger charge is 2.32. The van der Waals surface area contributed by atoms with Crippen LogP contribution in [0.15, 0.2) is 41.3 Å². The molecule has 27 heavy (non-hydrogen) atoms. The maximum absolute atomic E-state index is 13.3. The number of rotatable bonds is 3. The largest absolute Gasteiger partial charge is 0.486 e. The second-order valence-corrected chi connectivity index (χ2v) is 9.00. The lowest BCUT2D eigenvalue weighted by atomic mass is 10.1. The van der Waals surface area contributed by atoms with E-state index in [-0.39, 0.29) is 4.90 Å². The van der Waals surface area contributed by atoms with Crippen LogP contribution in [0.25, 0.3) is 0 Å². The van der Waals surface area contributed by atoms with E-state index in [1.54, 1.807) is 18.2 Å². The molecule has 5 rings (SSSR count). The fourth-order valence-electron chi connectivity index (χ4n) is 4.07. The number of ether oxygens (including phenoxy) is 2. The Labute approximate surface area is 159 Å². The summed E-state index contributed by atoms with van der Waals surface area (Å²) in [4.78, 5) is 2.57. The number of sulfonamides is 1. The summed E-state index contributed by atoms with van der Waals surface area (Å²) in [6, 6.07) is 11.1. The minimum atomic E-state index is -3.65. The van der Waals surface area contributed by atoms with Gasteiger partial charge >= 0.3 is 0 Å². The van der Waals surface area contributed by atoms with Crippen LogP contribution in [0.3, 0.4) is 0 Å². The fourth-order valence-corrected chi connectivity index (χ4v) is 5.58. The third-order valence-corrected chi connectivity index (χ3v) is 7.30. The molecule has 142 valence electrons. The number of benzene rings is 2. The first-order valence-corrected chi connectivity index (χ1v) is 10.9. The van der Waals surface area contributed by atoms with E-state index in [9.17, 15) is 8.42 Å². The highest BCUT2D eigenvalue weighted by atomic mass is 32.2. The molecule has 2 aromatic rings. The Balaban J connectivity index is 1.51. The monoisotopic (exact) mass is 386 g/mol. The Kier molecular flexibility index (Phi) is 3.93. The molecule has 3 aliphatic rings. The van der Waals surface area contributed by atoms with Crippen molar-refractivity contribution in [2.45, 2.75) is 24.2 Å². The minimum Gasteiger partial charge on any atom is -0.486 e. The molecule has 0 radical (unpaired) electrons. The average Bonchev–Trinajstić information content (AvgIpc) is 3.37. The number of nitrogens with zero attached hydrogens (tertiary/aromatic N) is 2. The highest BCUT2D eigenvalue weighted by Crippen LogP contribution is 2.39. The van der Waals surface area contributed by atoms with Crippen LogP contribution in [0.5, 0.6) is 11.5 Å². The molecule has 0 spiro atoms. The van der Waals surface area contributed by atoms with Gasteiger partial charge in [-0.2, -0.15) is 0 Å². The number of hydrogen-bond donors (Lipinski definition) is 0. The van der Waals surface area contributed by atoms with E-state index in [0.29, 0.717) is 31.3 Å². The average molecular weight is 386 g/mol. The number of anilines is 2. The number of fused-ring (bicyclic) bond motifs is 2. The maximum Gasteiger partial charge on any atom is 0.264 e. The molecule has 0 atom stereocenters. The Hall–Kier alpha value is -2.41. The summed E-state index contributed by atoms with van der Waals surface area (Å²) in [6.07, 6.45) is 3.12. The predicted molar refractivity (Wildman–Crippen MR) is 104 cm³/mol. The second kappa shape index (κ2) is 6.34. The molecule has 3 heterocycles. The summed E-state index contributed by atoms with van der Waals surface area (Å²) >= 11 is 0. The quantitative estimate of drug-likeness (QED) is 0.812. The summed E-state index contributed by atoms with van der Waals surface area (Å²) in [5.74, 6) is 1.09. The summed E-state index contributed by atoms with van der Waals surface area (Å²) in [6.45, 7) is 3.46. The van der Waals surface area contributed by atoms with Crippen LogP contribution in [0.4, 0.5) is 11.4 Å². The van der Waals surface area contributed by atoms with Crippen molar-refractivity contribution in [1.82, 2.24) is 0 Å². The molecule has 2 aromatic carbocycles. The normalized spacial score (nSPS) is 18.7. The summed E-state index contributed by atoms with van der Waals surface area (Å²) in [7, 11) is -3.65. The Morgan fingerprint density at radius 2 is 1.63 bits per heavy atom. The Morgan fingerprint density at radius 3 is 2.44 bits per heavy atom. The number of hydrogen-bond acceptors (Lipinski definition) is 5. The van der Waals surface area contributed by atoms with E-state index < -0.39 is 10.0 Å². The third-order valence-electron chi connectivity index (χ3n) is 5.49. The molecule has 3 aliphatic heterocycles. The maximum atomic E-state index is 13.3. The zero-order valence-corrected chi connectivity index (χ0v) is 15.9. The van der Waals surface area contributed by atoms with Crippen molar-refractivity contribution in [3.05, 3.63) is 42.0 Å². The van der Waals surface area contributed by atoms with E-state index in [0.717, 1.165) is 36.4 Å². The van der Waals surface area contributed by atoms with Gasteiger partial charge in [-0.3, -0.25) is 4.31 Å². The van der Waals surface area contributed by atoms with Gasteiger partial charge in [0.1, 0.15) is 13.2 Å². The molecule has 1 saturated heterocycles. The van der Waals surface area contributed by atoms with Crippen molar-refractivity contribution < 1.29 is 17.9 Å². The van der Waals surface area contributed by atoms with Gasteiger partial charge in [-0.05, 0) is 49.1 Å². The smallest absolute Gasteiger partial charge is 0.264 e. The van der Waals surface area contributed by atoms with Gasteiger partial charge in [-0.1, -0.05) is 6.07 Å². The highest BCUT2D eigenvalue weighted by molar-refractivity contribution is 7.92. The van der Waals surface area contributed by atoms with Crippen LogP contribution in [0.1, 0.15) is 18.4 Å². The van der Waals surface area contributed by atoms with Gasteiger partial charge < -0.3 is 14.4 Å². The van der Waals surface area contributed by atoms with Gasteiger partial charge in [0.25, 0.3) is 10.0 Å². The second-order valence-electron chi connectivity index (χ2n) is 7.14. The third kappa shape index (κ3) is 2.81. The van der Waals surface area contributed by atoms with Crippen LogP contribution in [0.2, 0.25) is 0 Å². The zero-order chi connectivity index (χ0) is 18.4. The first-order chi connectivity index (χ1) is 13.1. The summed E-state index contributed by atoms with van der Waals surface area (Å²) in [5, 5.41) is 0. The molecule has 0 aromatic heterocycles. The van der Waals surface area contributed by atoms with E-state index in [1.165, 1.54) is 17.1 Å². The molecule has 0 bridgehead atoms. The van der Waals surface area contributed by atoms with E-state index in [4.69, 9.17) is 9.47 Å². The van der Waals surface area contributed by atoms with Gasteiger partial charge in [0, 0.05) is 31.4 Å². The van der Waals surface area contributed by atoms with Crippen molar-refractivity contribution in [3.63, 3.8) is 0 Å². The van der Waals surface area contributed by atoms with Crippen molar-refractivity contribution in [3.8, 4) is 11.5 Å². The van der Waals surface area contributed by atoms with Crippen LogP contribution in [-0.4, -0.2) is 41.3 Å². The van der Waals surface area contributed by atoms with Crippen molar-refractivity contribution in [2.75, 3.05) is 42.1 Å². The van der Waals surface area contributed by atoms with E-state index in [2.05, 4.69) is 17.0 Å². The van der Waals surface area contributed by atoms with Crippen molar-refractivity contribution >= 4 is 21.4 Å². The van der Waals surface area contributed by atoms with Crippen molar-refractivity contribution in [2.24, 2.45) is 0 Å². The molecule has 0 amide bonds. The molecule has 1 fully saturated rings. The summed E-state index contributed by atoms with van der Waals surface area (Å²) in [5.41, 5.74) is 2.99. The SMILES string of the molecule is O=S(=O)(c1ccc2c(c1)OCCO2)N1CCc2ccc(N3CCCC3)cc21. The van der Waals surface area contributed by atoms with Gasteiger partial charge in [0.2, 0.25) is 0 Å². The van der Waals surface area contributed by atoms with E-state index >= 15 is 0 Å². The lowest BCUT2D eigenvalue weighted by Gasteiger charge is -2.24. The standard InChI is InChI=1S/C20H22N2O4S/c23-27(24,17-5-6-19-20(14-17)26-12-11-25-19)22-10-7-15-3-4-16(13-18(15)22)21-8-1-2-9-21/h3-6,13-14H,1-2,7-12H2. The first kappa shape index (κ1) is 16.7. The first-order valence-electron chi connectivity index (χ1n) is 9.43. The van der Waals surface area contributed by atoms with Crippen LogP contribution >= 0.6 is 0 Å². The lowest BCUT2D eigenvalue weighted by Crippen LogP contribution is -2.29. The van der Waals surface area contributed by atoms with Gasteiger partial charge in [0.05, 0.1) is 10.6 Å². The van der Waals surface area contributed by atoms with Gasteiger partial charge in [-0.15, -0.1) is 0 Å². The molecule has 6 nitrogen and oxygen atoms in total. The summed E-state index contributed by atoms with van der Waals surface area (Å²) < 4.78 is 39.3. The minimum absolute atomic E-state index is 0.242. The Bertz CT molecular complexity index is 983. The van der Waals surface area contributed by atoms with Gasteiger partial charge in [-0.25, -0.2) is 8.42 Å². The lowest BCUT2D eigenvalue weighted by molar-refractivity contribution is 0.171. The fraction of sp³-hybridized carbons (Fsp3) is 0.400. The predicted octanol–water partition coefficient (Wildman–Crippen LogP) is 2.81. The molecular formula is C20H22N2O4S. The molecule has 0 unspecified atom stereocenters. The van der Waals surface area contributed by atoms with Crippen molar-refractivity contribution in [1.29, 1.82) is 0 Å². The molecular weight excluding hydrogens is 364 g/mol. The van der Waals surface area contributed by atoms with E-state index in [1.807, 2.05) is 6.07 Å². The Morgan fingerprint density at radius 1 is 0.852 bits per heavy atom.